The van der Waals surface area contributed by atoms with Gasteiger partial charge in [-0.2, -0.15) is 0 Å². The molecular weight excluding hydrogens is 139 g/mol. The van der Waals surface area contributed by atoms with Crippen LogP contribution in [0.5, 0.6) is 0 Å². The zero-order valence-electron chi connectivity index (χ0n) is 3.28. The van der Waals surface area contributed by atoms with Crippen molar-refractivity contribution in [2.75, 3.05) is 0 Å². The van der Waals surface area contributed by atoms with Crippen LogP contribution in [-0.4, -0.2) is 5.43 Å². The summed E-state index contributed by atoms with van der Waals surface area (Å²) in [6.45, 7) is 3.03. The third-order valence-electron chi connectivity index (χ3n) is 0.191. The molecule has 0 bridgehead atoms. The van der Waals surface area contributed by atoms with Crippen LogP contribution in [0.25, 0.3) is 0 Å². The van der Waals surface area contributed by atoms with Crippen LogP contribution in [0, 0.1) is 0 Å². The van der Waals surface area contributed by atoms with Gasteiger partial charge in [0, 0.05) is 11.6 Å². The van der Waals surface area contributed by atoms with Gasteiger partial charge in [-0.05, 0) is 18.2 Å². The summed E-state index contributed by atoms with van der Waals surface area (Å²) in [5.74, 6) is 0. The van der Waals surface area contributed by atoms with Crippen molar-refractivity contribution in [2.24, 2.45) is 0 Å². The van der Waals surface area contributed by atoms with E-state index in [1.807, 2.05) is 0 Å². The van der Waals surface area contributed by atoms with Gasteiger partial charge in [0.2, 0.25) is 0 Å². The number of hydrogen-bond acceptors (Lipinski definition) is 2. The molecule has 2 nitrogen and oxygen atoms in total. The molecule has 0 aliphatic rings. The zero-order valence-corrected chi connectivity index (χ0v) is 4.79. The van der Waals surface area contributed by atoms with Crippen LogP contribution in [0.1, 0.15) is 0 Å². The van der Waals surface area contributed by atoms with Crippen LogP contribution >= 0.6 is 23.2 Å². The molecule has 0 heterocycles. The Morgan fingerprint density at radius 1 is 1.57 bits per heavy atom. The van der Waals surface area contributed by atoms with Gasteiger partial charge in [0.15, 0.2) is 5.22 Å². The smallest absolute Gasteiger partial charge is 0.403 e. The summed E-state index contributed by atoms with van der Waals surface area (Å²) in [4.78, 5) is 9.65. The third-order valence-corrected chi connectivity index (χ3v) is 0.345. The molecule has 0 spiro atoms. The second kappa shape index (κ2) is 2.88. The van der Waals surface area contributed by atoms with E-state index in [2.05, 4.69) is 22.9 Å². The highest BCUT2D eigenvalue weighted by atomic mass is 35.5. The summed E-state index contributed by atoms with van der Waals surface area (Å²) in [7, 11) is 0. The van der Waals surface area contributed by atoms with Gasteiger partial charge < -0.3 is 4.74 Å². The summed E-state index contributed by atoms with van der Waals surface area (Å²) in [6, 6.07) is 0. The van der Waals surface area contributed by atoms with Crippen molar-refractivity contribution < 1.29 is 9.53 Å². The van der Waals surface area contributed by atoms with E-state index in [9.17, 15) is 4.79 Å². The lowest BCUT2D eigenvalue weighted by Gasteiger charge is -1.88. The SMILES string of the molecule is C=C(Cl)OC(=O)Cl. The molecule has 0 saturated carbocycles. The highest BCUT2D eigenvalue weighted by Crippen LogP contribution is 2.01. The Bertz CT molecular complexity index is 87.1. The van der Waals surface area contributed by atoms with E-state index in [-0.39, 0.29) is 5.22 Å². The van der Waals surface area contributed by atoms with E-state index in [4.69, 9.17) is 11.6 Å². The molecule has 0 N–H and O–H groups in total. The minimum atomic E-state index is -0.972. The quantitative estimate of drug-likeness (QED) is 0.412. The maximum absolute atomic E-state index is 9.65. The number of hydrogen-bond donors (Lipinski definition) is 0. The van der Waals surface area contributed by atoms with Gasteiger partial charge in [0.05, 0.1) is 0 Å². The number of ether oxygens (including phenoxy) is 1. The third kappa shape index (κ3) is 5.79. The van der Waals surface area contributed by atoms with Crippen molar-refractivity contribution >= 4 is 28.6 Å². The second-order valence-electron chi connectivity index (χ2n) is 0.695. The molecule has 0 unspecified atom stereocenters. The second-order valence-corrected chi connectivity index (χ2v) is 1.42. The lowest BCUT2D eigenvalue weighted by atomic mass is 11.1. The molecule has 0 rings (SSSR count). The van der Waals surface area contributed by atoms with Gasteiger partial charge in [-0.25, -0.2) is 4.79 Å². The molecular formula is C3H2Cl2O2. The largest absolute Gasteiger partial charge is 0.410 e. The Labute approximate surface area is 50.7 Å². The van der Waals surface area contributed by atoms with Crippen molar-refractivity contribution in [3.05, 3.63) is 11.8 Å². The average molecular weight is 141 g/mol. The van der Waals surface area contributed by atoms with Crippen LogP contribution in [0.4, 0.5) is 4.79 Å². The summed E-state index contributed by atoms with van der Waals surface area (Å²) in [6.07, 6.45) is 0. The van der Waals surface area contributed by atoms with Crippen molar-refractivity contribution in [2.45, 2.75) is 0 Å². The van der Waals surface area contributed by atoms with Gasteiger partial charge in [-0.3, -0.25) is 0 Å². The van der Waals surface area contributed by atoms with Crippen molar-refractivity contribution in [3.63, 3.8) is 0 Å². The Kier molecular flexibility index (Phi) is 2.79. The molecule has 7 heavy (non-hydrogen) atoms. The topological polar surface area (TPSA) is 26.3 Å². The van der Waals surface area contributed by atoms with Crippen molar-refractivity contribution in [1.82, 2.24) is 0 Å². The Balaban J connectivity index is 3.32. The molecule has 40 valence electrons. The lowest BCUT2D eigenvalue weighted by molar-refractivity contribution is 0.209. The molecule has 0 radical (unpaired) electrons. The first kappa shape index (κ1) is 6.79. The Morgan fingerprint density at radius 2 is 2.00 bits per heavy atom. The minimum absolute atomic E-state index is 0.222. The number of carbonyl (C=O) groups excluding carboxylic acids is 1. The monoisotopic (exact) mass is 140 g/mol. The van der Waals surface area contributed by atoms with Gasteiger partial charge in [0.25, 0.3) is 0 Å². The molecule has 0 atom stereocenters. The molecule has 0 aromatic heterocycles. The minimum Gasteiger partial charge on any atom is -0.403 e. The maximum atomic E-state index is 9.65. The molecule has 4 heteroatoms. The van der Waals surface area contributed by atoms with Gasteiger partial charge in [-0.15, -0.1) is 0 Å². The fourth-order valence-corrected chi connectivity index (χ4v) is 0.290. The predicted molar refractivity (Wildman–Crippen MR) is 27.3 cm³/mol. The first-order chi connectivity index (χ1) is 3.13. The van der Waals surface area contributed by atoms with Gasteiger partial charge >= 0.3 is 5.43 Å². The van der Waals surface area contributed by atoms with E-state index in [1.54, 1.807) is 0 Å². The summed E-state index contributed by atoms with van der Waals surface area (Å²) in [5.41, 5.74) is -0.972. The molecule has 0 aliphatic carbocycles. The maximum Gasteiger partial charge on any atom is 0.410 e. The van der Waals surface area contributed by atoms with E-state index >= 15 is 0 Å². The number of halogens is 2. The van der Waals surface area contributed by atoms with E-state index in [1.165, 1.54) is 0 Å². The van der Waals surface area contributed by atoms with Crippen LogP contribution in [0.3, 0.4) is 0 Å². The van der Waals surface area contributed by atoms with E-state index in [0.29, 0.717) is 0 Å². The fourth-order valence-electron chi connectivity index (χ4n) is 0.0871. The molecule has 0 fully saturated rings. The first-order valence-electron chi connectivity index (χ1n) is 1.34. The summed E-state index contributed by atoms with van der Waals surface area (Å²) in [5, 5.41) is -0.222. The van der Waals surface area contributed by atoms with Crippen LogP contribution < -0.4 is 0 Å². The number of rotatable bonds is 1. The van der Waals surface area contributed by atoms with Crippen molar-refractivity contribution in [1.29, 1.82) is 0 Å². The Morgan fingerprint density at radius 3 is 2.00 bits per heavy atom. The fraction of sp³-hybridized carbons (Fsp3) is 0. The number of carbonyl (C=O) groups is 1. The van der Waals surface area contributed by atoms with Gasteiger partial charge in [0.1, 0.15) is 0 Å². The molecule has 0 aromatic carbocycles. The molecule has 0 amide bonds. The highest BCUT2D eigenvalue weighted by molar-refractivity contribution is 6.61. The van der Waals surface area contributed by atoms with E-state index in [0.717, 1.165) is 0 Å². The lowest BCUT2D eigenvalue weighted by Crippen LogP contribution is -1.85. The van der Waals surface area contributed by atoms with Crippen LogP contribution in [0.2, 0.25) is 0 Å². The zero-order chi connectivity index (χ0) is 5.86. The molecule has 0 aliphatic heterocycles. The summed E-state index contributed by atoms with van der Waals surface area (Å²) >= 11 is 9.62. The van der Waals surface area contributed by atoms with Crippen molar-refractivity contribution in [3.8, 4) is 0 Å². The van der Waals surface area contributed by atoms with E-state index < -0.39 is 5.43 Å². The molecule has 0 aromatic rings. The summed E-state index contributed by atoms with van der Waals surface area (Å²) < 4.78 is 3.95. The molecule has 0 saturated heterocycles. The average Bonchev–Trinajstić information content (AvgIpc) is 1.27. The normalized spacial score (nSPS) is 7.71. The van der Waals surface area contributed by atoms with Crippen LogP contribution in [-0.2, 0) is 4.74 Å². The highest BCUT2D eigenvalue weighted by Gasteiger charge is 1.93. The standard InChI is InChI=1S/C3H2Cl2O2/c1-2(4)7-3(5)6/h1H2. The van der Waals surface area contributed by atoms with Gasteiger partial charge in [-0.1, -0.05) is 0 Å². The van der Waals surface area contributed by atoms with Crippen LogP contribution in [0.15, 0.2) is 11.8 Å². The Hall–Kier alpha value is -0.210. The predicted octanol–water partition coefficient (Wildman–Crippen LogP) is 2.07. The first-order valence-corrected chi connectivity index (χ1v) is 2.10.